The van der Waals surface area contributed by atoms with Crippen LogP contribution in [0.5, 0.6) is 11.5 Å². The minimum absolute atomic E-state index is 0.419. The molecule has 0 fully saturated rings. The van der Waals surface area contributed by atoms with Gasteiger partial charge in [0.15, 0.2) is 0 Å². The second-order valence-electron chi connectivity index (χ2n) is 7.44. The molecule has 0 saturated heterocycles. The van der Waals surface area contributed by atoms with Crippen molar-refractivity contribution in [2.24, 2.45) is 10.2 Å². The number of rotatable bonds is 7. The molecule has 32 heavy (non-hydrogen) atoms. The van der Waals surface area contributed by atoms with Crippen molar-refractivity contribution in [3.05, 3.63) is 96.1 Å². The lowest BCUT2D eigenvalue weighted by Crippen LogP contribution is -2.08. The molecule has 0 N–H and O–H groups in total. The first kappa shape index (κ1) is 21.2. The van der Waals surface area contributed by atoms with Crippen molar-refractivity contribution in [3.63, 3.8) is 0 Å². The van der Waals surface area contributed by atoms with E-state index in [1.165, 1.54) is 0 Å². The van der Waals surface area contributed by atoms with E-state index in [1.54, 1.807) is 42.5 Å². The third-order valence-electron chi connectivity index (χ3n) is 4.95. The lowest BCUT2D eigenvalue weighted by Gasteiger charge is -2.08. The molecule has 0 saturated carbocycles. The van der Waals surface area contributed by atoms with Gasteiger partial charge in [0.05, 0.1) is 23.5 Å². The van der Waals surface area contributed by atoms with Crippen LogP contribution in [0.15, 0.2) is 95.2 Å². The summed E-state index contributed by atoms with van der Waals surface area (Å²) in [6.07, 6.45) is 0.932. The van der Waals surface area contributed by atoms with Gasteiger partial charge < -0.3 is 9.47 Å². The van der Waals surface area contributed by atoms with Crippen LogP contribution in [0, 0.1) is 6.92 Å². The molecule has 0 unspecified atom stereocenters. The first-order valence-electron chi connectivity index (χ1n) is 10.6. The van der Waals surface area contributed by atoms with Crippen molar-refractivity contribution >= 4 is 28.1 Å². The largest absolute Gasteiger partial charge is 0.494 e. The summed E-state index contributed by atoms with van der Waals surface area (Å²) in [5, 5.41) is 11.0. The first-order valence-corrected chi connectivity index (χ1v) is 10.6. The molecular formula is C27H24N2O3. The minimum atomic E-state index is -0.419. The summed E-state index contributed by atoms with van der Waals surface area (Å²) < 4.78 is 11.1. The molecule has 0 aliphatic heterocycles. The van der Waals surface area contributed by atoms with E-state index in [2.05, 4.69) is 22.4 Å². The van der Waals surface area contributed by atoms with Crippen molar-refractivity contribution in [2.45, 2.75) is 20.3 Å². The molecule has 160 valence electrons. The predicted octanol–water partition coefficient (Wildman–Crippen LogP) is 7.57. The highest BCUT2D eigenvalue weighted by molar-refractivity contribution is 5.91. The second kappa shape index (κ2) is 9.88. The maximum absolute atomic E-state index is 12.4. The number of fused-ring (bicyclic) bond motifs is 1. The number of carbonyl (C=O) groups is 1. The van der Waals surface area contributed by atoms with E-state index < -0.39 is 5.97 Å². The fourth-order valence-electron chi connectivity index (χ4n) is 3.23. The fourth-order valence-corrected chi connectivity index (χ4v) is 3.23. The Morgan fingerprint density at radius 1 is 0.812 bits per heavy atom. The van der Waals surface area contributed by atoms with Crippen LogP contribution in [0.4, 0.5) is 11.4 Å². The van der Waals surface area contributed by atoms with Gasteiger partial charge in [0, 0.05) is 0 Å². The van der Waals surface area contributed by atoms with E-state index in [0.717, 1.165) is 39.9 Å². The molecule has 0 spiro atoms. The Bertz CT molecular complexity index is 1260. The van der Waals surface area contributed by atoms with Gasteiger partial charge in [-0.1, -0.05) is 37.3 Å². The van der Waals surface area contributed by atoms with Crippen molar-refractivity contribution in [1.29, 1.82) is 0 Å². The molecule has 4 rings (SSSR count). The normalized spacial score (nSPS) is 11.1. The first-order chi connectivity index (χ1) is 15.6. The number of benzene rings is 4. The summed E-state index contributed by atoms with van der Waals surface area (Å²) in [6.45, 7) is 4.60. The zero-order valence-corrected chi connectivity index (χ0v) is 18.1. The molecule has 0 aliphatic rings. The maximum atomic E-state index is 12.4. The van der Waals surface area contributed by atoms with Crippen LogP contribution in [0.25, 0.3) is 10.8 Å². The standard InChI is InChI=1S/C27H24N2O3/c1-3-16-31-24-12-9-21(10-13-24)27(30)32-25-14-15-26(19(2)17-25)29-28-23-11-8-20-6-4-5-7-22(20)18-23/h4-15,17-18H,3,16H2,1-2H3. The van der Waals surface area contributed by atoms with E-state index in [0.29, 0.717) is 17.9 Å². The molecule has 4 aromatic carbocycles. The van der Waals surface area contributed by atoms with Gasteiger partial charge in [-0.2, -0.15) is 10.2 Å². The van der Waals surface area contributed by atoms with E-state index in [4.69, 9.17) is 9.47 Å². The average molecular weight is 425 g/mol. The molecule has 0 aromatic heterocycles. The molecule has 0 bridgehead atoms. The molecule has 0 aliphatic carbocycles. The van der Waals surface area contributed by atoms with Crippen molar-refractivity contribution < 1.29 is 14.3 Å². The molecule has 5 nitrogen and oxygen atoms in total. The summed E-state index contributed by atoms with van der Waals surface area (Å²) in [5.74, 6) is 0.779. The summed E-state index contributed by atoms with van der Waals surface area (Å²) in [4.78, 5) is 12.4. The van der Waals surface area contributed by atoms with Crippen LogP contribution in [0.2, 0.25) is 0 Å². The number of nitrogens with zero attached hydrogens (tertiary/aromatic N) is 2. The van der Waals surface area contributed by atoms with Gasteiger partial charge in [0.25, 0.3) is 0 Å². The van der Waals surface area contributed by atoms with Gasteiger partial charge in [-0.25, -0.2) is 4.79 Å². The number of carbonyl (C=O) groups excluding carboxylic acids is 1. The van der Waals surface area contributed by atoms with Gasteiger partial charge >= 0.3 is 5.97 Å². The third kappa shape index (κ3) is 5.19. The topological polar surface area (TPSA) is 60.2 Å². The van der Waals surface area contributed by atoms with Crippen LogP contribution in [-0.2, 0) is 0 Å². The monoisotopic (exact) mass is 424 g/mol. The summed E-state index contributed by atoms with van der Waals surface area (Å²) in [7, 11) is 0. The highest BCUT2D eigenvalue weighted by atomic mass is 16.5. The molecule has 0 atom stereocenters. The van der Waals surface area contributed by atoms with Gasteiger partial charge in [-0.05, 0) is 84.3 Å². The minimum Gasteiger partial charge on any atom is -0.494 e. The number of aryl methyl sites for hydroxylation is 1. The number of hydrogen-bond acceptors (Lipinski definition) is 5. The van der Waals surface area contributed by atoms with E-state index in [-0.39, 0.29) is 0 Å². The Morgan fingerprint density at radius 3 is 2.31 bits per heavy atom. The Labute approximate surface area is 187 Å². The number of hydrogen-bond donors (Lipinski definition) is 0. The zero-order valence-electron chi connectivity index (χ0n) is 18.1. The van der Waals surface area contributed by atoms with Gasteiger partial charge in [0.2, 0.25) is 0 Å². The van der Waals surface area contributed by atoms with Gasteiger partial charge in [0.1, 0.15) is 11.5 Å². The summed E-state index contributed by atoms with van der Waals surface area (Å²) in [6, 6.07) is 26.3. The number of esters is 1. The molecule has 5 heteroatoms. The Balaban J connectivity index is 1.43. The van der Waals surface area contributed by atoms with Crippen molar-refractivity contribution in [1.82, 2.24) is 0 Å². The molecule has 0 amide bonds. The molecular weight excluding hydrogens is 400 g/mol. The van der Waals surface area contributed by atoms with Gasteiger partial charge in [-0.15, -0.1) is 0 Å². The lowest BCUT2D eigenvalue weighted by molar-refractivity contribution is 0.0734. The molecule has 0 radical (unpaired) electrons. The van der Waals surface area contributed by atoms with E-state index in [9.17, 15) is 4.79 Å². The average Bonchev–Trinajstić information content (AvgIpc) is 2.82. The van der Waals surface area contributed by atoms with Crippen LogP contribution in [0.3, 0.4) is 0 Å². The fraction of sp³-hybridized carbons (Fsp3) is 0.148. The quantitative estimate of drug-likeness (QED) is 0.175. The van der Waals surface area contributed by atoms with Crippen LogP contribution < -0.4 is 9.47 Å². The number of azo groups is 1. The summed E-state index contributed by atoms with van der Waals surface area (Å²) in [5.41, 5.74) is 2.83. The van der Waals surface area contributed by atoms with Crippen molar-refractivity contribution in [3.8, 4) is 11.5 Å². The Kier molecular flexibility index (Phi) is 6.56. The highest BCUT2D eigenvalue weighted by Gasteiger charge is 2.10. The van der Waals surface area contributed by atoms with Crippen molar-refractivity contribution in [2.75, 3.05) is 6.61 Å². The smallest absolute Gasteiger partial charge is 0.343 e. The van der Waals surface area contributed by atoms with Crippen LogP contribution in [-0.4, -0.2) is 12.6 Å². The predicted molar refractivity (Wildman–Crippen MR) is 126 cm³/mol. The lowest BCUT2D eigenvalue weighted by atomic mass is 10.1. The van der Waals surface area contributed by atoms with E-state index in [1.807, 2.05) is 44.2 Å². The number of ether oxygens (including phenoxy) is 2. The molecule has 4 aromatic rings. The van der Waals surface area contributed by atoms with E-state index >= 15 is 0 Å². The third-order valence-corrected chi connectivity index (χ3v) is 4.95. The van der Waals surface area contributed by atoms with Crippen LogP contribution in [0.1, 0.15) is 29.3 Å². The highest BCUT2D eigenvalue weighted by Crippen LogP contribution is 2.28. The molecule has 0 heterocycles. The SMILES string of the molecule is CCCOc1ccc(C(=O)Oc2ccc(N=Nc3ccc4ccccc4c3)c(C)c2)cc1. The Morgan fingerprint density at radius 2 is 1.56 bits per heavy atom. The Hall–Kier alpha value is -3.99. The maximum Gasteiger partial charge on any atom is 0.343 e. The zero-order chi connectivity index (χ0) is 22.3. The van der Waals surface area contributed by atoms with Crippen LogP contribution >= 0.6 is 0 Å². The van der Waals surface area contributed by atoms with Gasteiger partial charge in [-0.3, -0.25) is 0 Å². The second-order valence-corrected chi connectivity index (χ2v) is 7.44. The summed E-state index contributed by atoms with van der Waals surface area (Å²) >= 11 is 0.